The number of ether oxygens (including phenoxy) is 1. The van der Waals surface area contributed by atoms with E-state index < -0.39 is 0 Å². The third kappa shape index (κ3) is 17.5. The monoisotopic (exact) mass is 314 g/mol. The van der Waals surface area contributed by atoms with Crippen molar-refractivity contribution in [2.24, 2.45) is 0 Å². The zero-order valence-electron chi connectivity index (χ0n) is 13.9. The molecule has 0 spiro atoms. The van der Waals surface area contributed by atoms with E-state index in [0.717, 1.165) is 12.2 Å². The van der Waals surface area contributed by atoms with Gasteiger partial charge in [-0.3, -0.25) is 0 Å². The Kier molecular flexibility index (Phi) is 17.2. The lowest BCUT2D eigenvalue weighted by Gasteiger charge is -2.03. The van der Waals surface area contributed by atoms with Crippen LogP contribution in [0.5, 0.6) is 0 Å². The average molecular weight is 315 g/mol. The van der Waals surface area contributed by atoms with Crippen LogP contribution in [0.4, 0.5) is 0 Å². The molecule has 0 aliphatic heterocycles. The maximum Gasteiger partial charge on any atom is 0.330 e. The van der Waals surface area contributed by atoms with Crippen LogP contribution in [0, 0.1) is 0 Å². The van der Waals surface area contributed by atoms with E-state index in [2.05, 4.69) is 13.5 Å². The van der Waals surface area contributed by atoms with Gasteiger partial charge in [-0.05, 0) is 24.3 Å². The van der Waals surface area contributed by atoms with Crippen LogP contribution in [0.1, 0.15) is 77.6 Å². The van der Waals surface area contributed by atoms with Crippen molar-refractivity contribution in [3.8, 4) is 0 Å². The molecule has 0 N–H and O–H groups in total. The zero-order chi connectivity index (χ0) is 15.6. The standard InChI is InChI=1S/C18H34O2S/c1-3-5-6-7-8-9-10-11-12-13-16-21-17-14-15-20-18(19)4-2/h4H,2-3,5-17H2,1H3. The summed E-state index contributed by atoms with van der Waals surface area (Å²) in [6.45, 7) is 6.16. The summed E-state index contributed by atoms with van der Waals surface area (Å²) in [5.74, 6) is 2.02. The molecule has 0 unspecified atom stereocenters. The normalized spacial score (nSPS) is 10.5. The highest BCUT2D eigenvalue weighted by Gasteiger charge is 1.96. The first-order valence-electron chi connectivity index (χ1n) is 8.68. The largest absolute Gasteiger partial charge is 0.463 e. The fourth-order valence-electron chi connectivity index (χ4n) is 2.19. The van der Waals surface area contributed by atoms with E-state index >= 15 is 0 Å². The van der Waals surface area contributed by atoms with Crippen molar-refractivity contribution in [2.45, 2.75) is 77.6 Å². The Balaban J connectivity index is 2.99. The molecule has 0 bridgehead atoms. The molecule has 0 saturated carbocycles. The van der Waals surface area contributed by atoms with Crippen molar-refractivity contribution in [3.05, 3.63) is 12.7 Å². The molecule has 0 aliphatic rings. The molecule has 0 aliphatic carbocycles. The predicted molar refractivity (Wildman–Crippen MR) is 94.9 cm³/mol. The molecule has 0 heterocycles. The molecule has 0 amide bonds. The van der Waals surface area contributed by atoms with Gasteiger partial charge in [-0.1, -0.05) is 71.3 Å². The number of thioether (sulfide) groups is 1. The van der Waals surface area contributed by atoms with Gasteiger partial charge in [0.25, 0.3) is 0 Å². The third-order valence-corrected chi connectivity index (χ3v) is 4.64. The van der Waals surface area contributed by atoms with E-state index in [-0.39, 0.29) is 5.97 Å². The predicted octanol–water partition coefficient (Wildman–Crippen LogP) is 5.76. The summed E-state index contributed by atoms with van der Waals surface area (Å²) in [6.07, 6.45) is 16.1. The number of carbonyl (C=O) groups excluding carboxylic acids is 1. The molecule has 21 heavy (non-hydrogen) atoms. The Hall–Kier alpha value is -0.440. The number of unbranched alkanes of at least 4 members (excludes halogenated alkanes) is 9. The van der Waals surface area contributed by atoms with E-state index in [1.807, 2.05) is 11.8 Å². The van der Waals surface area contributed by atoms with Crippen molar-refractivity contribution in [1.29, 1.82) is 0 Å². The van der Waals surface area contributed by atoms with Gasteiger partial charge in [-0.15, -0.1) is 0 Å². The zero-order valence-corrected chi connectivity index (χ0v) is 14.7. The van der Waals surface area contributed by atoms with Gasteiger partial charge in [0.05, 0.1) is 6.61 Å². The van der Waals surface area contributed by atoms with Crippen LogP contribution in [-0.2, 0) is 9.53 Å². The van der Waals surface area contributed by atoms with E-state index in [9.17, 15) is 4.79 Å². The van der Waals surface area contributed by atoms with Crippen LogP contribution in [0.2, 0.25) is 0 Å². The summed E-state index contributed by atoms with van der Waals surface area (Å²) < 4.78 is 4.93. The summed E-state index contributed by atoms with van der Waals surface area (Å²) in [4.78, 5) is 10.8. The number of hydrogen-bond donors (Lipinski definition) is 0. The van der Waals surface area contributed by atoms with Crippen LogP contribution < -0.4 is 0 Å². The van der Waals surface area contributed by atoms with Crippen LogP contribution in [0.15, 0.2) is 12.7 Å². The molecule has 0 radical (unpaired) electrons. The summed E-state index contributed by atoms with van der Waals surface area (Å²) in [5, 5.41) is 0. The number of esters is 1. The Morgan fingerprint density at radius 3 is 2.00 bits per heavy atom. The second-order valence-electron chi connectivity index (χ2n) is 5.52. The Morgan fingerprint density at radius 1 is 0.905 bits per heavy atom. The fraction of sp³-hybridized carbons (Fsp3) is 0.833. The Labute approximate surface area is 136 Å². The van der Waals surface area contributed by atoms with Crippen LogP contribution in [0.25, 0.3) is 0 Å². The van der Waals surface area contributed by atoms with Gasteiger partial charge >= 0.3 is 5.97 Å². The molecule has 0 aromatic heterocycles. The first kappa shape index (κ1) is 20.6. The summed E-state index contributed by atoms with van der Waals surface area (Å²) in [7, 11) is 0. The second-order valence-corrected chi connectivity index (χ2v) is 6.74. The lowest BCUT2D eigenvalue weighted by molar-refractivity contribution is -0.137. The summed E-state index contributed by atoms with van der Waals surface area (Å²) >= 11 is 1.97. The van der Waals surface area contributed by atoms with E-state index in [1.165, 1.54) is 76.0 Å². The minimum absolute atomic E-state index is 0.310. The maximum atomic E-state index is 10.8. The average Bonchev–Trinajstić information content (AvgIpc) is 2.50. The van der Waals surface area contributed by atoms with Gasteiger partial charge in [-0.25, -0.2) is 4.79 Å². The molecule has 0 rings (SSSR count). The van der Waals surface area contributed by atoms with E-state index in [4.69, 9.17) is 4.74 Å². The van der Waals surface area contributed by atoms with Gasteiger partial charge in [0.2, 0.25) is 0 Å². The van der Waals surface area contributed by atoms with Crippen LogP contribution in [-0.4, -0.2) is 24.1 Å². The second kappa shape index (κ2) is 17.6. The first-order valence-corrected chi connectivity index (χ1v) is 9.83. The molecule has 124 valence electrons. The third-order valence-electron chi connectivity index (χ3n) is 3.49. The van der Waals surface area contributed by atoms with Crippen molar-refractivity contribution < 1.29 is 9.53 Å². The Morgan fingerprint density at radius 2 is 1.43 bits per heavy atom. The molecular weight excluding hydrogens is 280 g/mol. The van der Waals surface area contributed by atoms with Gasteiger partial charge in [-0.2, -0.15) is 11.8 Å². The van der Waals surface area contributed by atoms with Gasteiger partial charge < -0.3 is 4.74 Å². The first-order chi connectivity index (χ1) is 10.3. The topological polar surface area (TPSA) is 26.3 Å². The van der Waals surface area contributed by atoms with E-state index in [1.54, 1.807) is 0 Å². The summed E-state index contributed by atoms with van der Waals surface area (Å²) in [5.41, 5.74) is 0. The minimum atomic E-state index is -0.310. The lowest BCUT2D eigenvalue weighted by atomic mass is 10.1. The van der Waals surface area contributed by atoms with Crippen LogP contribution >= 0.6 is 11.8 Å². The number of rotatable bonds is 16. The molecule has 2 nitrogen and oxygen atoms in total. The SMILES string of the molecule is C=CC(=O)OCCCSCCCCCCCCCCCC. The van der Waals surface area contributed by atoms with Gasteiger partial charge in [0, 0.05) is 6.08 Å². The highest BCUT2D eigenvalue weighted by Crippen LogP contribution is 2.12. The smallest absolute Gasteiger partial charge is 0.330 e. The molecule has 0 atom stereocenters. The molecule has 0 aromatic rings. The van der Waals surface area contributed by atoms with Crippen molar-refractivity contribution in [1.82, 2.24) is 0 Å². The maximum absolute atomic E-state index is 10.8. The van der Waals surface area contributed by atoms with Crippen LogP contribution in [0.3, 0.4) is 0 Å². The number of carbonyl (C=O) groups is 1. The number of hydrogen-bond acceptors (Lipinski definition) is 3. The lowest BCUT2D eigenvalue weighted by Crippen LogP contribution is -2.02. The van der Waals surface area contributed by atoms with Gasteiger partial charge in [0.1, 0.15) is 0 Å². The molecule has 0 saturated heterocycles. The van der Waals surface area contributed by atoms with E-state index in [0.29, 0.717) is 6.61 Å². The molecular formula is C18H34O2S. The van der Waals surface area contributed by atoms with Crippen molar-refractivity contribution in [2.75, 3.05) is 18.1 Å². The quantitative estimate of drug-likeness (QED) is 0.206. The van der Waals surface area contributed by atoms with Gasteiger partial charge in [0.15, 0.2) is 0 Å². The highest BCUT2D eigenvalue weighted by atomic mass is 32.2. The van der Waals surface area contributed by atoms with Crippen molar-refractivity contribution in [3.63, 3.8) is 0 Å². The Bertz CT molecular complexity index is 241. The molecule has 0 aromatic carbocycles. The molecule has 0 fully saturated rings. The minimum Gasteiger partial charge on any atom is -0.463 e. The summed E-state index contributed by atoms with van der Waals surface area (Å²) in [6, 6.07) is 0. The highest BCUT2D eigenvalue weighted by molar-refractivity contribution is 7.99. The molecule has 3 heteroatoms. The fourth-order valence-corrected chi connectivity index (χ4v) is 3.12. The van der Waals surface area contributed by atoms with Crippen molar-refractivity contribution >= 4 is 17.7 Å².